The van der Waals surface area contributed by atoms with Crippen LogP contribution in [0.4, 0.5) is 5.69 Å². The van der Waals surface area contributed by atoms with E-state index >= 15 is 0 Å². The number of halogens is 1. The van der Waals surface area contributed by atoms with Crippen LogP contribution in [0.5, 0.6) is 0 Å². The summed E-state index contributed by atoms with van der Waals surface area (Å²) >= 11 is 6.12. The number of nitro groups is 1. The van der Waals surface area contributed by atoms with Gasteiger partial charge in [-0.2, -0.15) is 0 Å². The third-order valence-electron chi connectivity index (χ3n) is 3.08. The van der Waals surface area contributed by atoms with Crippen LogP contribution in [0.25, 0.3) is 0 Å². The first-order valence-electron chi connectivity index (χ1n) is 6.54. The minimum atomic E-state index is -3.69. The molecule has 0 saturated heterocycles. The van der Waals surface area contributed by atoms with Crippen molar-refractivity contribution in [3.05, 3.63) is 33.9 Å². The first-order chi connectivity index (χ1) is 9.70. The van der Waals surface area contributed by atoms with Gasteiger partial charge in [-0.1, -0.05) is 19.4 Å². The maximum absolute atomic E-state index is 12.0. The lowest BCUT2D eigenvalue weighted by Crippen LogP contribution is -2.22. The molecule has 1 rings (SSSR count). The lowest BCUT2D eigenvalue weighted by atomic mass is 10.1. The van der Waals surface area contributed by atoms with Crippen LogP contribution in [0.1, 0.15) is 25.3 Å². The van der Waals surface area contributed by atoms with Gasteiger partial charge in [0, 0.05) is 31.1 Å². The van der Waals surface area contributed by atoms with Gasteiger partial charge < -0.3 is 0 Å². The number of nitrogens with zero attached hydrogens (tertiary/aromatic N) is 2. The van der Waals surface area contributed by atoms with Gasteiger partial charge in [0.2, 0.25) is 10.0 Å². The molecule has 1 aromatic rings. The number of alkyl halides is 1. The zero-order chi connectivity index (χ0) is 16.2. The maximum atomic E-state index is 12.0. The molecule has 0 aromatic heterocycles. The second kappa shape index (κ2) is 7.20. The molecular formula is C13H19ClN2O4S. The van der Waals surface area contributed by atoms with E-state index in [0.717, 1.165) is 23.2 Å². The third kappa shape index (κ3) is 4.39. The number of nitro benzene ring substituents is 1. The highest BCUT2D eigenvalue weighted by molar-refractivity contribution is 7.89. The summed E-state index contributed by atoms with van der Waals surface area (Å²) in [7, 11) is -0.932. The van der Waals surface area contributed by atoms with Gasteiger partial charge in [-0.3, -0.25) is 10.1 Å². The summed E-state index contributed by atoms with van der Waals surface area (Å²) in [4.78, 5) is 10.5. The molecule has 118 valence electrons. The van der Waals surface area contributed by atoms with E-state index in [-0.39, 0.29) is 16.0 Å². The maximum Gasteiger partial charge on any atom is 0.273 e. The van der Waals surface area contributed by atoms with Crippen LogP contribution in [0.2, 0.25) is 0 Å². The molecule has 0 N–H and O–H groups in total. The predicted octanol–water partition coefficient (Wildman–Crippen LogP) is 2.80. The largest absolute Gasteiger partial charge is 0.273 e. The van der Waals surface area contributed by atoms with Crippen LogP contribution >= 0.6 is 11.6 Å². The van der Waals surface area contributed by atoms with E-state index in [0.29, 0.717) is 12.0 Å². The van der Waals surface area contributed by atoms with Gasteiger partial charge in [0.05, 0.1) is 9.82 Å². The Kier molecular flexibility index (Phi) is 6.12. The lowest BCUT2D eigenvalue weighted by Gasteiger charge is -2.13. The van der Waals surface area contributed by atoms with Crippen molar-refractivity contribution in [2.24, 2.45) is 0 Å². The van der Waals surface area contributed by atoms with Crippen LogP contribution in [-0.2, 0) is 16.4 Å². The second-order valence-electron chi connectivity index (χ2n) is 4.93. The van der Waals surface area contributed by atoms with Crippen molar-refractivity contribution in [1.82, 2.24) is 4.31 Å². The Bertz CT molecular complexity index is 617. The molecule has 1 atom stereocenters. The SMILES string of the molecule is CCCC(Cl)Cc1ccc(S(=O)(=O)N(C)C)cc1[N+](=O)[O-]. The molecule has 8 heteroatoms. The molecule has 21 heavy (non-hydrogen) atoms. The van der Waals surface area contributed by atoms with E-state index in [2.05, 4.69) is 0 Å². The summed E-state index contributed by atoms with van der Waals surface area (Å²) in [5.41, 5.74) is 0.242. The molecule has 0 radical (unpaired) electrons. The van der Waals surface area contributed by atoms with Crippen LogP contribution < -0.4 is 0 Å². The van der Waals surface area contributed by atoms with Crippen LogP contribution in [0.3, 0.4) is 0 Å². The van der Waals surface area contributed by atoms with E-state index in [4.69, 9.17) is 11.6 Å². The smallest absolute Gasteiger partial charge is 0.258 e. The van der Waals surface area contributed by atoms with Crippen molar-refractivity contribution in [2.75, 3.05) is 14.1 Å². The van der Waals surface area contributed by atoms with Gasteiger partial charge >= 0.3 is 0 Å². The average molecular weight is 335 g/mol. The van der Waals surface area contributed by atoms with Gasteiger partial charge in [-0.05, 0) is 18.9 Å². The first kappa shape index (κ1) is 17.9. The molecule has 0 heterocycles. The zero-order valence-electron chi connectivity index (χ0n) is 12.2. The molecule has 0 aliphatic rings. The number of benzene rings is 1. The second-order valence-corrected chi connectivity index (χ2v) is 7.69. The fourth-order valence-corrected chi connectivity index (χ4v) is 3.22. The fraction of sp³-hybridized carbons (Fsp3) is 0.538. The number of rotatable bonds is 7. The Morgan fingerprint density at radius 3 is 2.48 bits per heavy atom. The molecule has 0 fully saturated rings. The topological polar surface area (TPSA) is 80.5 Å². The van der Waals surface area contributed by atoms with Crippen molar-refractivity contribution in [3.63, 3.8) is 0 Å². The van der Waals surface area contributed by atoms with Gasteiger partial charge in [-0.25, -0.2) is 12.7 Å². The highest BCUT2D eigenvalue weighted by Gasteiger charge is 2.23. The Morgan fingerprint density at radius 1 is 1.38 bits per heavy atom. The molecule has 0 amide bonds. The Balaban J connectivity index is 3.23. The first-order valence-corrected chi connectivity index (χ1v) is 8.41. The lowest BCUT2D eigenvalue weighted by molar-refractivity contribution is -0.385. The van der Waals surface area contributed by atoms with Gasteiger partial charge in [0.15, 0.2) is 0 Å². The summed E-state index contributed by atoms with van der Waals surface area (Å²) in [5, 5.41) is 11.0. The minimum Gasteiger partial charge on any atom is -0.258 e. The summed E-state index contributed by atoms with van der Waals surface area (Å²) < 4.78 is 25.1. The average Bonchev–Trinajstić information content (AvgIpc) is 2.38. The highest BCUT2D eigenvalue weighted by atomic mass is 35.5. The summed E-state index contributed by atoms with van der Waals surface area (Å²) in [6.45, 7) is 1.98. The van der Waals surface area contributed by atoms with Crippen LogP contribution in [0.15, 0.2) is 23.1 Å². The molecule has 0 aliphatic carbocycles. The van der Waals surface area contributed by atoms with Gasteiger partial charge in [-0.15, -0.1) is 11.6 Å². The Morgan fingerprint density at radius 2 is 2.00 bits per heavy atom. The molecule has 0 bridgehead atoms. The fourth-order valence-electron chi connectivity index (χ4n) is 1.91. The van der Waals surface area contributed by atoms with Gasteiger partial charge in [0.25, 0.3) is 5.69 Å². The van der Waals surface area contributed by atoms with Gasteiger partial charge in [0.1, 0.15) is 0 Å². The molecule has 6 nitrogen and oxygen atoms in total. The number of hydrogen-bond acceptors (Lipinski definition) is 4. The van der Waals surface area contributed by atoms with E-state index in [1.165, 1.54) is 26.2 Å². The van der Waals surface area contributed by atoms with Crippen LogP contribution in [0, 0.1) is 10.1 Å². The third-order valence-corrected chi connectivity index (χ3v) is 5.26. The zero-order valence-corrected chi connectivity index (χ0v) is 13.8. The number of hydrogen-bond donors (Lipinski definition) is 0. The minimum absolute atomic E-state index is 0.0930. The summed E-state index contributed by atoms with van der Waals surface area (Å²) in [6, 6.07) is 3.95. The summed E-state index contributed by atoms with van der Waals surface area (Å²) in [6.07, 6.45) is 1.97. The quantitative estimate of drug-likeness (QED) is 0.436. The van der Waals surface area contributed by atoms with E-state index < -0.39 is 14.9 Å². The highest BCUT2D eigenvalue weighted by Crippen LogP contribution is 2.27. The summed E-state index contributed by atoms with van der Waals surface area (Å²) in [5.74, 6) is 0. The number of sulfonamides is 1. The Labute approximate surface area is 129 Å². The standard InChI is InChI=1S/C13H19ClN2O4S/c1-4-5-11(14)8-10-6-7-12(9-13(10)16(17)18)21(19,20)15(2)3/h6-7,9,11H,4-5,8H2,1-3H3. The van der Waals surface area contributed by atoms with E-state index in [1.54, 1.807) is 0 Å². The monoisotopic (exact) mass is 334 g/mol. The van der Waals surface area contributed by atoms with E-state index in [9.17, 15) is 18.5 Å². The van der Waals surface area contributed by atoms with Crippen molar-refractivity contribution < 1.29 is 13.3 Å². The molecular weight excluding hydrogens is 316 g/mol. The van der Waals surface area contributed by atoms with Crippen molar-refractivity contribution >= 4 is 27.3 Å². The van der Waals surface area contributed by atoms with Crippen molar-refractivity contribution in [3.8, 4) is 0 Å². The molecule has 1 aromatic carbocycles. The van der Waals surface area contributed by atoms with Crippen molar-refractivity contribution in [2.45, 2.75) is 36.5 Å². The Hall–Kier alpha value is -1.18. The molecule has 1 unspecified atom stereocenters. The molecule has 0 saturated carbocycles. The molecule has 0 aliphatic heterocycles. The van der Waals surface area contributed by atoms with Crippen LogP contribution in [-0.4, -0.2) is 37.1 Å². The molecule has 0 spiro atoms. The predicted molar refractivity (Wildman–Crippen MR) is 82.2 cm³/mol. The van der Waals surface area contributed by atoms with Crippen molar-refractivity contribution in [1.29, 1.82) is 0 Å². The normalized spacial score (nSPS) is 13.4. The van der Waals surface area contributed by atoms with E-state index in [1.807, 2.05) is 6.92 Å².